The fourth-order valence-electron chi connectivity index (χ4n) is 2.09. The molecule has 0 spiro atoms. The van der Waals surface area contributed by atoms with Crippen LogP contribution in [-0.2, 0) is 19.1 Å². The van der Waals surface area contributed by atoms with E-state index in [-0.39, 0.29) is 18.6 Å². The van der Waals surface area contributed by atoms with E-state index in [0.717, 1.165) is 0 Å². The highest BCUT2D eigenvalue weighted by molar-refractivity contribution is 6.10. The van der Waals surface area contributed by atoms with Crippen LogP contribution in [0.3, 0.4) is 0 Å². The maximum atomic E-state index is 12.4. The lowest BCUT2D eigenvalue weighted by Gasteiger charge is -2.31. The highest BCUT2D eigenvalue weighted by atomic mass is 16.6. The number of hydrogen-bond donors (Lipinski definition) is 2. The van der Waals surface area contributed by atoms with Crippen molar-refractivity contribution in [1.29, 1.82) is 0 Å². The molecule has 126 valence electrons. The van der Waals surface area contributed by atoms with Crippen molar-refractivity contribution in [1.82, 2.24) is 10.9 Å². The van der Waals surface area contributed by atoms with Gasteiger partial charge in [-0.3, -0.25) is 10.2 Å². The van der Waals surface area contributed by atoms with Crippen LogP contribution in [-0.4, -0.2) is 34.6 Å². The minimum atomic E-state index is -1.54. The summed E-state index contributed by atoms with van der Waals surface area (Å²) in [5, 5.41) is 0. The van der Waals surface area contributed by atoms with Crippen LogP contribution >= 0.6 is 0 Å². The van der Waals surface area contributed by atoms with E-state index in [9.17, 15) is 14.4 Å². The summed E-state index contributed by atoms with van der Waals surface area (Å²) in [4.78, 5) is 36.3. The van der Waals surface area contributed by atoms with E-state index in [4.69, 9.17) is 9.47 Å². The molecule has 0 aromatic rings. The topological polar surface area (TPSA) is 93.7 Å². The summed E-state index contributed by atoms with van der Waals surface area (Å²) < 4.78 is 10.4. The van der Waals surface area contributed by atoms with Gasteiger partial charge in [0.1, 0.15) is 11.2 Å². The molecule has 0 heterocycles. The zero-order chi connectivity index (χ0) is 17.2. The summed E-state index contributed by atoms with van der Waals surface area (Å²) in [5.41, 5.74) is 1.89. The third-order valence-electron chi connectivity index (χ3n) is 2.96. The first-order valence-corrected chi connectivity index (χ1v) is 7.39. The van der Waals surface area contributed by atoms with E-state index in [1.54, 1.807) is 41.5 Å². The van der Waals surface area contributed by atoms with Gasteiger partial charge in [-0.2, -0.15) is 0 Å². The summed E-state index contributed by atoms with van der Waals surface area (Å²) in [5.74, 6) is -0.976. The molecule has 1 amide bonds. The molecule has 2 N–H and O–H groups in total. The number of amides is 1. The van der Waals surface area contributed by atoms with Gasteiger partial charge in [-0.25, -0.2) is 15.0 Å². The average Bonchev–Trinajstić information content (AvgIpc) is 2.64. The SMILES string of the molecule is CC(C)(C)OC(=O)NNC1(C(=O)OC(C)(C)C)CCCC1=O. The predicted molar refractivity (Wildman–Crippen MR) is 79.9 cm³/mol. The molecule has 0 aromatic carbocycles. The highest BCUT2D eigenvalue weighted by Crippen LogP contribution is 2.29. The van der Waals surface area contributed by atoms with Crippen LogP contribution in [0.15, 0.2) is 0 Å². The van der Waals surface area contributed by atoms with Crippen LogP contribution in [0.1, 0.15) is 60.8 Å². The smallest absolute Gasteiger partial charge is 0.422 e. The van der Waals surface area contributed by atoms with Gasteiger partial charge in [0.25, 0.3) is 0 Å². The number of nitrogens with one attached hydrogen (secondary N) is 2. The van der Waals surface area contributed by atoms with Gasteiger partial charge in [0.2, 0.25) is 0 Å². The molecule has 0 radical (unpaired) electrons. The van der Waals surface area contributed by atoms with Gasteiger partial charge >= 0.3 is 12.1 Å². The molecule has 1 saturated carbocycles. The number of hydrogen-bond acceptors (Lipinski definition) is 6. The molecular formula is C15H26N2O5. The van der Waals surface area contributed by atoms with Crippen LogP contribution in [0.2, 0.25) is 0 Å². The summed E-state index contributed by atoms with van der Waals surface area (Å²) in [7, 11) is 0. The van der Waals surface area contributed by atoms with Crippen LogP contribution in [0.4, 0.5) is 4.79 Å². The standard InChI is InChI=1S/C15H26N2O5/c1-13(2,3)21-11(19)15(9-7-8-10(15)18)17-16-12(20)22-14(4,5)6/h17H,7-9H2,1-6H3,(H,16,20). The Labute approximate surface area is 131 Å². The number of rotatable bonds is 3. The normalized spacial score (nSPS) is 22.4. The van der Waals surface area contributed by atoms with E-state index in [1.165, 1.54) is 0 Å². The van der Waals surface area contributed by atoms with E-state index < -0.39 is 28.8 Å². The quantitative estimate of drug-likeness (QED) is 0.469. The molecule has 7 heteroatoms. The van der Waals surface area contributed by atoms with Crippen molar-refractivity contribution in [2.24, 2.45) is 0 Å². The Hall–Kier alpha value is -1.63. The molecule has 1 aliphatic carbocycles. The molecule has 22 heavy (non-hydrogen) atoms. The van der Waals surface area contributed by atoms with E-state index in [0.29, 0.717) is 6.42 Å². The molecule has 7 nitrogen and oxygen atoms in total. The van der Waals surface area contributed by atoms with Crippen LogP contribution in [0.25, 0.3) is 0 Å². The Morgan fingerprint density at radius 1 is 1.05 bits per heavy atom. The predicted octanol–water partition coefficient (Wildman–Crippen LogP) is 1.85. The van der Waals surface area contributed by atoms with Crippen LogP contribution in [0, 0.1) is 0 Å². The molecule has 1 fully saturated rings. The molecule has 1 unspecified atom stereocenters. The molecule has 1 rings (SSSR count). The van der Waals surface area contributed by atoms with Gasteiger partial charge in [-0.05, 0) is 54.4 Å². The Kier molecular flexibility index (Phi) is 5.22. The second kappa shape index (κ2) is 6.24. The molecule has 0 aliphatic heterocycles. The first kappa shape index (κ1) is 18.4. The largest absolute Gasteiger partial charge is 0.458 e. The lowest BCUT2D eigenvalue weighted by molar-refractivity contribution is -0.165. The highest BCUT2D eigenvalue weighted by Gasteiger charge is 2.51. The average molecular weight is 314 g/mol. The minimum absolute atomic E-state index is 0.266. The van der Waals surface area contributed by atoms with Gasteiger partial charge < -0.3 is 9.47 Å². The Morgan fingerprint density at radius 2 is 1.59 bits per heavy atom. The lowest BCUT2D eigenvalue weighted by Crippen LogP contribution is -2.63. The van der Waals surface area contributed by atoms with Gasteiger partial charge in [-0.1, -0.05) is 0 Å². The maximum Gasteiger partial charge on any atom is 0.422 e. The van der Waals surface area contributed by atoms with Crippen molar-refractivity contribution >= 4 is 17.8 Å². The van der Waals surface area contributed by atoms with E-state index in [2.05, 4.69) is 10.9 Å². The van der Waals surface area contributed by atoms with Gasteiger partial charge in [0.15, 0.2) is 11.3 Å². The van der Waals surface area contributed by atoms with Gasteiger partial charge in [0, 0.05) is 6.42 Å². The number of carbonyl (C=O) groups excluding carboxylic acids is 3. The number of esters is 1. The van der Waals surface area contributed by atoms with Crippen molar-refractivity contribution in [2.45, 2.75) is 77.5 Å². The number of Topliss-reactive ketones (excluding diaryl/α,β-unsaturated/α-hetero) is 1. The second-order valence-corrected chi connectivity index (χ2v) is 7.44. The van der Waals surface area contributed by atoms with Crippen molar-refractivity contribution in [2.75, 3.05) is 0 Å². The second-order valence-electron chi connectivity index (χ2n) is 7.44. The van der Waals surface area contributed by atoms with E-state index in [1.807, 2.05) is 0 Å². The number of carbonyl (C=O) groups is 3. The Balaban J connectivity index is 2.80. The Bertz CT molecular complexity index is 462. The van der Waals surface area contributed by atoms with Crippen LogP contribution in [0.5, 0.6) is 0 Å². The third-order valence-corrected chi connectivity index (χ3v) is 2.96. The zero-order valence-electron chi connectivity index (χ0n) is 14.2. The third kappa shape index (κ3) is 4.98. The minimum Gasteiger partial charge on any atom is -0.458 e. The molecule has 0 saturated heterocycles. The summed E-state index contributed by atoms with van der Waals surface area (Å²) >= 11 is 0. The lowest BCUT2D eigenvalue weighted by atomic mass is 9.97. The van der Waals surface area contributed by atoms with Crippen molar-refractivity contribution in [3.63, 3.8) is 0 Å². The zero-order valence-corrected chi connectivity index (χ0v) is 14.2. The first-order valence-electron chi connectivity index (χ1n) is 7.39. The van der Waals surface area contributed by atoms with Crippen molar-refractivity contribution in [3.05, 3.63) is 0 Å². The number of ether oxygens (including phenoxy) is 2. The molecular weight excluding hydrogens is 288 g/mol. The molecule has 1 atom stereocenters. The summed E-state index contributed by atoms with van der Waals surface area (Å²) in [6.45, 7) is 10.3. The first-order chi connectivity index (χ1) is 9.86. The van der Waals surface area contributed by atoms with Crippen LogP contribution < -0.4 is 10.9 Å². The monoisotopic (exact) mass is 314 g/mol. The molecule has 0 aromatic heterocycles. The summed E-state index contributed by atoms with van der Waals surface area (Å²) in [6, 6.07) is 0. The van der Waals surface area contributed by atoms with Gasteiger partial charge in [0.05, 0.1) is 0 Å². The molecule has 1 aliphatic rings. The van der Waals surface area contributed by atoms with Crippen molar-refractivity contribution in [3.8, 4) is 0 Å². The fraction of sp³-hybridized carbons (Fsp3) is 0.800. The van der Waals surface area contributed by atoms with Crippen molar-refractivity contribution < 1.29 is 23.9 Å². The van der Waals surface area contributed by atoms with Gasteiger partial charge in [-0.15, -0.1) is 0 Å². The maximum absolute atomic E-state index is 12.4. The Morgan fingerprint density at radius 3 is 2.00 bits per heavy atom. The fourth-order valence-corrected chi connectivity index (χ4v) is 2.09. The van der Waals surface area contributed by atoms with E-state index >= 15 is 0 Å². The molecule has 0 bridgehead atoms. The number of hydrazine groups is 1. The summed E-state index contributed by atoms with van der Waals surface area (Å²) in [6.07, 6.45) is 0.343. The number of ketones is 1.